The molecule has 0 saturated carbocycles. The van der Waals surface area contributed by atoms with Crippen molar-refractivity contribution in [3.8, 4) is 6.07 Å². The number of nitrogens with zero attached hydrogens (tertiary/aromatic N) is 2. The number of carbonyl (C=O) groups excluding carboxylic acids is 1. The van der Waals surface area contributed by atoms with Crippen LogP contribution in [0.1, 0.15) is 22.9 Å². The number of nitrogens with one attached hydrogen (secondary N) is 1. The zero-order chi connectivity index (χ0) is 18.1. The molecule has 0 radical (unpaired) electrons. The van der Waals surface area contributed by atoms with Crippen LogP contribution in [0.2, 0.25) is 5.02 Å². The second-order valence-electron chi connectivity index (χ2n) is 5.25. The minimum atomic E-state index is -3.00. The van der Waals surface area contributed by atoms with Crippen LogP contribution in [0.4, 0.5) is 0 Å². The third-order valence-corrected chi connectivity index (χ3v) is 4.80. The second-order valence-corrected chi connectivity index (χ2v) is 6.65. The summed E-state index contributed by atoms with van der Waals surface area (Å²) < 4.78 is 23.2. The number of fused-ring (bicyclic) bond motifs is 1. The Labute approximate surface area is 149 Å². The number of thiol groups is 1. The Morgan fingerprint density at radius 1 is 1.32 bits per heavy atom. The summed E-state index contributed by atoms with van der Waals surface area (Å²) in [5.41, 5.74) is 6.81. The van der Waals surface area contributed by atoms with Gasteiger partial charge in [0.15, 0.2) is 10.7 Å². The SMILES string of the molecule is N#Cc1nc2c([SH](=O)=O)cc(C(C(N)=O)c3ccccc3Cl)cc2[nH]1. The van der Waals surface area contributed by atoms with Gasteiger partial charge in [0.25, 0.3) is 0 Å². The molecule has 1 unspecified atom stereocenters. The number of halogens is 1. The van der Waals surface area contributed by atoms with Gasteiger partial charge in [0.1, 0.15) is 11.6 Å². The molecule has 0 spiro atoms. The van der Waals surface area contributed by atoms with Crippen LogP contribution in [-0.4, -0.2) is 24.3 Å². The molecule has 0 saturated heterocycles. The Kier molecular flexibility index (Phi) is 4.44. The molecule has 25 heavy (non-hydrogen) atoms. The molecule has 0 fully saturated rings. The van der Waals surface area contributed by atoms with E-state index in [0.717, 1.165) is 0 Å². The number of aromatic amines is 1. The van der Waals surface area contributed by atoms with Crippen molar-refractivity contribution < 1.29 is 13.2 Å². The van der Waals surface area contributed by atoms with E-state index in [1.165, 1.54) is 6.07 Å². The van der Waals surface area contributed by atoms with Gasteiger partial charge in [-0.2, -0.15) is 5.26 Å². The molecule has 0 bridgehead atoms. The van der Waals surface area contributed by atoms with Crippen molar-refractivity contribution in [2.24, 2.45) is 5.73 Å². The van der Waals surface area contributed by atoms with E-state index in [4.69, 9.17) is 22.6 Å². The number of rotatable bonds is 4. The summed E-state index contributed by atoms with van der Waals surface area (Å²) >= 11 is 6.17. The van der Waals surface area contributed by atoms with Crippen molar-refractivity contribution in [2.45, 2.75) is 10.8 Å². The molecule has 0 aliphatic rings. The van der Waals surface area contributed by atoms with Crippen LogP contribution in [0, 0.1) is 11.3 Å². The van der Waals surface area contributed by atoms with Gasteiger partial charge in [-0.3, -0.25) is 4.79 Å². The molecular formula is C16H11ClN4O3S. The molecular weight excluding hydrogens is 364 g/mol. The average molecular weight is 375 g/mol. The summed E-state index contributed by atoms with van der Waals surface area (Å²) in [6.07, 6.45) is 0. The number of aromatic nitrogens is 2. The molecule has 3 aromatic rings. The third-order valence-electron chi connectivity index (χ3n) is 3.73. The molecule has 3 N–H and O–H groups in total. The normalized spacial score (nSPS) is 12.2. The molecule has 1 amide bonds. The van der Waals surface area contributed by atoms with E-state index in [1.54, 1.807) is 30.3 Å². The predicted octanol–water partition coefficient (Wildman–Crippen LogP) is 1.68. The highest BCUT2D eigenvalue weighted by Crippen LogP contribution is 2.33. The molecule has 1 aromatic heterocycles. The lowest BCUT2D eigenvalue weighted by Gasteiger charge is -2.16. The summed E-state index contributed by atoms with van der Waals surface area (Å²) in [5, 5.41) is 9.30. The molecule has 2 aromatic carbocycles. The van der Waals surface area contributed by atoms with Crippen molar-refractivity contribution in [2.75, 3.05) is 0 Å². The van der Waals surface area contributed by atoms with Crippen LogP contribution in [0.25, 0.3) is 11.0 Å². The fourth-order valence-corrected chi connectivity index (χ4v) is 3.53. The van der Waals surface area contributed by atoms with E-state index >= 15 is 0 Å². The first-order valence-corrected chi connectivity index (χ1v) is 8.59. The fourth-order valence-electron chi connectivity index (χ4n) is 2.69. The number of hydrogen-bond acceptors (Lipinski definition) is 5. The number of H-pyrrole nitrogens is 1. The topological polar surface area (TPSA) is 130 Å². The third kappa shape index (κ3) is 3.07. The molecule has 1 atom stereocenters. The molecule has 0 aliphatic carbocycles. The van der Waals surface area contributed by atoms with Crippen LogP contribution in [0.5, 0.6) is 0 Å². The highest BCUT2D eigenvalue weighted by atomic mass is 35.5. The minimum Gasteiger partial charge on any atom is -0.369 e. The highest BCUT2D eigenvalue weighted by Gasteiger charge is 2.25. The number of benzene rings is 2. The van der Waals surface area contributed by atoms with Crippen molar-refractivity contribution in [1.29, 1.82) is 5.26 Å². The summed E-state index contributed by atoms with van der Waals surface area (Å²) in [7, 11) is -3.00. The van der Waals surface area contributed by atoms with Gasteiger partial charge < -0.3 is 10.7 Å². The van der Waals surface area contributed by atoms with E-state index in [9.17, 15) is 13.2 Å². The molecule has 0 aliphatic heterocycles. The lowest BCUT2D eigenvalue weighted by Crippen LogP contribution is -2.23. The largest absolute Gasteiger partial charge is 0.369 e. The zero-order valence-electron chi connectivity index (χ0n) is 12.6. The Bertz CT molecular complexity index is 1110. The molecule has 9 heteroatoms. The van der Waals surface area contributed by atoms with Crippen molar-refractivity contribution in [3.05, 3.63) is 58.4 Å². The zero-order valence-corrected chi connectivity index (χ0v) is 14.2. The van der Waals surface area contributed by atoms with Gasteiger partial charge in [-0.1, -0.05) is 29.8 Å². The highest BCUT2D eigenvalue weighted by molar-refractivity contribution is 7.72. The van der Waals surface area contributed by atoms with Gasteiger partial charge >= 0.3 is 0 Å². The molecule has 126 valence electrons. The van der Waals surface area contributed by atoms with Gasteiger partial charge in [-0.15, -0.1) is 0 Å². The fraction of sp³-hybridized carbons (Fsp3) is 0.0625. The maximum absolute atomic E-state index is 12.1. The van der Waals surface area contributed by atoms with Crippen LogP contribution in [0.3, 0.4) is 0 Å². The standard InChI is InChI=1S/C16H11ClN4O3S/c17-10-4-2-1-3-9(10)14(16(19)22)8-5-11-15(12(6-8)25(23)24)21-13(7-18)20-11/h1-6,14,25H,(H2,19,22)(H,20,21). The monoisotopic (exact) mass is 374 g/mol. The van der Waals surface area contributed by atoms with E-state index in [1.807, 2.05) is 6.07 Å². The molecule has 1 heterocycles. The van der Waals surface area contributed by atoms with Crippen molar-refractivity contribution >= 4 is 39.2 Å². The number of hydrogen-bond donors (Lipinski definition) is 3. The predicted molar refractivity (Wildman–Crippen MR) is 91.9 cm³/mol. The van der Waals surface area contributed by atoms with Crippen molar-refractivity contribution in [3.63, 3.8) is 0 Å². The van der Waals surface area contributed by atoms with Gasteiger partial charge in [0, 0.05) is 5.02 Å². The van der Waals surface area contributed by atoms with Crippen LogP contribution in [-0.2, 0) is 15.5 Å². The molecule has 3 rings (SSSR count). The number of carbonyl (C=O) groups is 1. The minimum absolute atomic E-state index is 0.0291. The number of imidazole rings is 1. The van der Waals surface area contributed by atoms with Crippen molar-refractivity contribution in [1.82, 2.24) is 9.97 Å². The quantitative estimate of drug-likeness (QED) is 0.598. The first kappa shape index (κ1) is 17.0. The van der Waals surface area contributed by atoms with Gasteiger partial charge in [-0.25, -0.2) is 13.4 Å². The Balaban J connectivity index is 2.31. The van der Waals surface area contributed by atoms with Crippen LogP contribution < -0.4 is 5.73 Å². The summed E-state index contributed by atoms with van der Waals surface area (Å²) in [4.78, 5) is 18.6. The maximum Gasteiger partial charge on any atom is 0.229 e. The Morgan fingerprint density at radius 2 is 2.04 bits per heavy atom. The Morgan fingerprint density at radius 3 is 2.64 bits per heavy atom. The van der Waals surface area contributed by atoms with Gasteiger partial charge in [0.2, 0.25) is 11.7 Å². The summed E-state index contributed by atoms with van der Waals surface area (Å²) in [5.74, 6) is -1.65. The first-order chi connectivity index (χ1) is 11.9. The van der Waals surface area contributed by atoms with E-state index in [0.29, 0.717) is 21.7 Å². The lowest BCUT2D eigenvalue weighted by atomic mass is 9.90. The molecule has 7 nitrogen and oxygen atoms in total. The smallest absolute Gasteiger partial charge is 0.229 e. The Hall–Kier alpha value is -2.89. The first-order valence-electron chi connectivity index (χ1n) is 7.04. The number of nitriles is 1. The van der Waals surface area contributed by atoms with Gasteiger partial charge in [0.05, 0.1) is 16.3 Å². The maximum atomic E-state index is 12.1. The van der Waals surface area contributed by atoms with E-state index < -0.39 is 22.5 Å². The van der Waals surface area contributed by atoms with Crippen LogP contribution in [0.15, 0.2) is 41.3 Å². The second kappa shape index (κ2) is 6.55. The van der Waals surface area contributed by atoms with E-state index in [2.05, 4.69) is 9.97 Å². The summed E-state index contributed by atoms with van der Waals surface area (Å²) in [6.45, 7) is 0. The van der Waals surface area contributed by atoms with E-state index in [-0.39, 0.29) is 16.2 Å². The number of nitrogens with two attached hydrogens (primary N) is 1. The number of primary amides is 1. The van der Waals surface area contributed by atoms with Gasteiger partial charge in [-0.05, 0) is 29.3 Å². The number of amides is 1. The average Bonchev–Trinajstić information content (AvgIpc) is 2.98. The summed E-state index contributed by atoms with van der Waals surface area (Å²) in [6, 6.07) is 11.4. The van der Waals surface area contributed by atoms with Crippen LogP contribution >= 0.6 is 11.6 Å². The lowest BCUT2D eigenvalue weighted by molar-refractivity contribution is -0.118.